The summed E-state index contributed by atoms with van der Waals surface area (Å²) in [6.07, 6.45) is 0. The Morgan fingerprint density at radius 3 is 2.46 bits per heavy atom. The van der Waals surface area contributed by atoms with Gasteiger partial charge in [-0.1, -0.05) is 30.3 Å². The van der Waals surface area contributed by atoms with Gasteiger partial charge >= 0.3 is 0 Å². The highest BCUT2D eigenvalue weighted by Crippen LogP contribution is 2.22. The van der Waals surface area contributed by atoms with Gasteiger partial charge in [-0.05, 0) is 0 Å². The van der Waals surface area contributed by atoms with Crippen molar-refractivity contribution in [2.75, 3.05) is 0 Å². The fourth-order valence-electron chi connectivity index (χ4n) is 1.17. The van der Waals surface area contributed by atoms with E-state index in [0.717, 1.165) is 0 Å². The fraction of sp³-hybridized carbons (Fsp3) is 0.100. The van der Waals surface area contributed by atoms with Crippen molar-refractivity contribution in [1.82, 2.24) is 4.98 Å². The van der Waals surface area contributed by atoms with Gasteiger partial charge in [-0.2, -0.15) is 9.37 Å². The average molecular weight is 177 g/mol. The van der Waals surface area contributed by atoms with E-state index in [2.05, 4.69) is 4.98 Å². The molecule has 0 saturated heterocycles. The van der Waals surface area contributed by atoms with Crippen molar-refractivity contribution in [3.05, 3.63) is 42.2 Å². The van der Waals surface area contributed by atoms with E-state index in [1.165, 1.54) is 0 Å². The lowest BCUT2D eigenvalue weighted by Gasteiger charge is -1.93. The van der Waals surface area contributed by atoms with E-state index in [1.54, 1.807) is 19.1 Å². The Hall–Kier alpha value is -1.64. The van der Waals surface area contributed by atoms with Crippen LogP contribution in [0.1, 0.15) is 5.89 Å². The molecule has 0 aliphatic heterocycles. The molecule has 0 N–H and O–H groups in total. The molecule has 0 fully saturated rings. The van der Waals surface area contributed by atoms with E-state index in [1.807, 2.05) is 18.2 Å². The van der Waals surface area contributed by atoms with Crippen molar-refractivity contribution in [3.63, 3.8) is 0 Å². The van der Waals surface area contributed by atoms with Crippen LogP contribution in [0.5, 0.6) is 0 Å². The van der Waals surface area contributed by atoms with Crippen molar-refractivity contribution < 1.29 is 8.81 Å². The van der Waals surface area contributed by atoms with E-state index in [-0.39, 0.29) is 5.76 Å². The smallest absolute Gasteiger partial charge is 0.259 e. The number of aromatic nitrogens is 1. The molecule has 0 amide bonds. The zero-order valence-corrected chi connectivity index (χ0v) is 7.12. The minimum Gasteiger partial charge on any atom is -0.438 e. The zero-order chi connectivity index (χ0) is 9.26. The first-order valence-corrected chi connectivity index (χ1v) is 3.96. The second-order valence-electron chi connectivity index (χ2n) is 2.72. The van der Waals surface area contributed by atoms with E-state index >= 15 is 0 Å². The molecule has 0 bridgehead atoms. The molecule has 13 heavy (non-hydrogen) atoms. The Kier molecular flexibility index (Phi) is 1.85. The number of hydrogen-bond donors (Lipinski definition) is 0. The van der Waals surface area contributed by atoms with E-state index < -0.39 is 5.95 Å². The van der Waals surface area contributed by atoms with Crippen LogP contribution in [0.2, 0.25) is 0 Å². The number of oxazole rings is 1. The molecule has 2 rings (SSSR count). The molecule has 1 aromatic heterocycles. The quantitative estimate of drug-likeness (QED) is 0.669. The molecule has 0 radical (unpaired) electrons. The van der Waals surface area contributed by atoms with Gasteiger partial charge in [-0.25, -0.2) is 0 Å². The first-order chi connectivity index (χ1) is 6.27. The standard InChI is InChI=1S/C10H8FNO/c1-7-12-10(11)9(13-7)8-5-3-2-4-6-8/h2-6H,1H3. The zero-order valence-electron chi connectivity index (χ0n) is 7.12. The summed E-state index contributed by atoms with van der Waals surface area (Å²) in [6.45, 7) is 1.62. The number of benzene rings is 1. The Bertz CT molecular complexity index is 408. The summed E-state index contributed by atoms with van der Waals surface area (Å²) in [6, 6.07) is 9.08. The number of nitrogens with zero attached hydrogens (tertiary/aromatic N) is 1. The van der Waals surface area contributed by atoms with Crippen molar-refractivity contribution >= 4 is 0 Å². The molecule has 0 unspecified atom stereocenters. The lowest BCUT2D eigenvalue weighted by atomic mass is 10.2. The van der Waals surface area contributed by atoms with Crippen LogP contribution < -0.4 is 0 Å². The first kappa shape index (κ1) is 7.98. The van der Waals surface area contributed by atoms with Crippen LogP contribution in [0.4, 0.5) is 4.39 Å². The minimum atomic E-state index is -0.552. The predicted octanol–water partition coefficient (Wildman–Crippen LogP) is 2.79. The molecular weight excluding hydrogens is 169 g/mol. The van der Waals surface area contributed by atoms with Crippen LogP contribution in [0.15, 0.2) is 34.7 Å². The minimum absolute atomic E-state index is 0.207. The highest BCUT2D eigenvalue weighted by molar-refractivity contribution is 5.56. The Morgan fingerprint density at radius 1 is 1.23 bits per heavy atom. The van der Waals surface area contributed by atoms with Gasteiger partial charge in [0, 0.05) is 12.5 Å². The van der Waals surface area contributed by atoms with Crippen molar-refractivity contribution in [2.45, 2.75) is 6.92 Å². The van der Waals surface area contributed by atoms with Crippen molar-refractivity contribution in [2.24, 2.45) is 0 Å². The van der Waals surface area contributed by atoms with Gasteiger partial charge in [-0.15, -0.1) is 0 Å². The van der Waals surface area contributed by atoms with Gasteiger partial charge in [0.1, 0.15) is 0 Å². The fourth-order valence-corrected chi connectivity index (χ4v) is 1.17. The summed E-state index contributed by atoms with van der Waals surface area (Å²) in [5.74, 6) is -0.00171. The van der Waals surface area contributed by atoms with Gasteiger partial charge in [-0.3, -0.25) is 0 Å². The molecule has 66 valence electrons. The van der Waals surface area contributed by atoms with Gasteiger partial charge in [0.05, 0.1) is 0 Å². The van der Waals surface area contributed by atoms with Crippen LogP contribution >= 0.6 is 0 Å². The van der Waals surface area contributed by atoms with Crippen molar-refractivity contribution in [3.8, 4) is 11.3 Å². The van der Waals surface area contributed by atoms with Crippen LogP contribution in [-0.4, -0.2) is 4.98 Å². The van der Waals surface area contributed by atoms with Gasteiger partial charge in [0.25, 0.3) is 5.95 Å². The molecule has 0 aliphatic rings. The summed E-state index contributed by atoms with van der Waals surface area (Å²) in [4.78, 5) is 3.55. The van der Waals surface area contributed by atoms with Crippen LogP contribution in [0.25, 0.3) is 11.3 Å². The summed E-state index contributed by atoms with van der Waals surface area (Å²) < 4.78 is 18.2. The molecule has 0 atom stereocenters. The molecule has 1 heterocycles. The Labute approximate surface area is 75.0 Å². The molecule has 2 nitrogen and oxygen atoms in total. The highest BCUT2D eigenvalue weighted by Gasteiger charge is 2.11. The van der Waals surface area contributed by atoms with Gasteiger partial charge < -0.3 is 4.42 Å². The maximum Gasteiger partial charge on any atom is 0.259 e. The van der Waals surface area contributed by atoms with E-state index in [0.29, 0.717) is 11.5 Å². The SMILES string of the molecule is Cc1nc(F)c(-c2ccccc2)o1. The monoisotopic (exact) mass is 177 g/mol. The van der Waals surface area contributed by atoms with E-state index in [9.17, 15) is 4.39 Å². The highest BCUT2D eigenvalue weighted by atomic mass is 19.1. The third-order valence-electron chi connectivity index (χ3n) is 1.73. The predicted molar refractivity (Wildman–Crippen MR) is 46.6 cm³/mol. The molecular formula is C10H8FNO. The third kappa shape index (κ3) is 1.45. The van der Waals surface area contributed by atoms with Crippen molar-refractivity contribution in [1.29, 1.82) is 0 Å². The summed E-state index contributed by atoms with van der Waals surface area (Å²) in [7, 11) is 0. The number of halogens is 1. The van der Waals surface area contributed by atoms with Gasteiger partial charge in [0.2, 0.25) is 0 Å². The number of aryl methyl sites for hydroxylation is 1. The van der Waals surface area contributed by atoms with Crippen LogP contribution in [0.3, 0.4) is 0 Å². The largest absolute Gasteiger partial charge is 0.438 e. The lowest BCUT2D eigenvalue weighted by Crippen LogP contribution is -1.78. The Morgan fingerprint density at radius 2 is 1.92 bits per heavy atom. The van der Waals surface area contributed by atoms with Crippen LogP contribution in [-0.2, 0) is 0 Å². The summed E-state index contributed by atoms with van der Waals surface area (Å²) in [5.41, 5.74) is 0.709. The first-order valence-electron chi connectivity index (χ1n) is 3.96. The second-order valence-corrected chi connectivity index (χ2v) is 2.72. The number of rotatable bonds is 1. The summed E-state index contributed by atoms with van der Waals surface area (Å²) >= 11 is 0. The molecule has 0 aliphatic carbocycles. The summed E-state index contributed by atoms with van der Waals surface area (Å²) in [5, 5.41) is 0. The number of hydrogen-bond acceptors (Lipinski definition) is 2. The molecule has 0 saturated carbocycles. The third-order valence-corrected chi connectivity index (χ3v) is 1.73. The van der Waals surface area contributed by atoms with E-state index in [4.69, 9.17) is 4.42 Å². The molecule has 2 aromatic rings. The second kappa shape index (κ2) is 3.01. The average Bonchev–Trinajstić information content (AvgIpc) is 2.47. The topological polar surface area (TPSA) is 26.0 Å². The van der Waals surface area contributed by atoms with Crippen LogP contribution in [0, 0.1) is 12.9 Å². The Balaban J connectivity index is 2.53. The normalized spacial score (nSPS) is 10.3. The van der Waals surface area contributed by atoms with Gasteiger partial charge in [0.15, 0.2) is 11.7 Å². The molecule has 0 spiro atoms. The molecule has 1 aromatic carbocycles. The molecule has 3 heteroatoms. The maximum atomic E-state index is 13.1. The maximum absolute atomic E-state index is 13.1. The lowest BCUT2D eigenvalue weighted by molar-refractivity contribution is 0.526.